The standard InChI is InChI=1S/C48H87NO11/c1-4-7-10-13-14-17-20-30-46(53)58-38-42(39-59-47(54)31-21-22-33-49(34-35-50)43-26-24-27-43)40-60-48(55)32-23-25-41(36-56-44(51)28-18-15-11-8-5-2)37-57-45(52)29-19-16-12-9-6-3/h41-43,50H,4-40H2,1-3H3. The molecule has 1 saturated carbocycles. The Balaban J connectivity index is 2.64. The van der Waals surface area contributed by atoms with Crippen molar-refractivity contribution >= 4 is 29.8 Å². The number of nitrogens with zero attached hydrogens (tertiary/aromatic N) is 1. The van der Waals surface area contributed by atoms with Gasteiger partial charge in [0, 0.05) is 50.6 Å². The maximum atomic E-state index is 12.9. The van der Waals surface area contributed by atoms with E-state index >= 15 is 0 Å². The lowest BCUT2D eigenvalue weighted by molar-refractivity contribution is -0.155. The molecule has 1 fully saturated rings. The van der Waals surface area contributed by atoms with E-state index in [1.165, 1.54) is 32.1 Å². The molecule has 0 aromatic heterocycles. The van der Waals surface area contributed by atoms with Crippen molar-refractivity contribution in [3.8, 4) is 0 Å². The normalized spacial score (nSPS) is 13.2. The third-order valence-corrected chi connectivity index (χ3v) is 11.4. The van der Waals surface area contributed by atoms with E-state index in [4.69, 9.17) is 23.7 Å². The van der Waals surface area contributed by atoms with E-state index in [0.29, 0.717) is 51.1 Å². The number of esters is 5. The minimum absolute atomic E-state index is 0.0244. The Hall–Kier alpha value is -2.73. The van der Waals surface area contributed by atoms with Crippen LogP contribution in [-0.2, 0) is 47.7 Å². The number of carbonyl (C=O) groups excluding carboxylic acids is 5. The Morgan fingerprint density at radius 2 is 0.783 bits per heavy atom. The average molecular weight is 854 g/mol. The number of aliphatic hydroxyl groups excluding tert-OH is 1. The van der Waals surface area contributed by atoms with Gasteiger partial charge in [-0.1, -0.05) is 117 Å². The summed E-state index contributed by atoms with van der Waals surface area (Å²) in [5.74, 6) is -2.38. The van der Waals surface area contributed by atoms with E-state index in [-0.39, 0.29) is 82.3 Å². The molecular formula is C48H87NO11. The van der Waals surface area contributed by atoms with Gasteiger partial charge in [-0.05, 0) is 64.3 Å². The summed E-state index contributed by atoms with van der Waals surface area (Å²) in [5, 5.41) is 9.43. The molecule has 0 aromatic carbocycles. The number of hydrogen-bond acceptors (Lipinski definition) is 12. The molecule has 12 heteroatoms. The van der Waals surface area contributed by atoms with E-state index in [1.807, 2.05) is 0 Å². The summed E-state index contributed by atoms with van der Waals surface area (Å²) < 4.78 is 27.9. The largest absolute Gasteiger partial charge is 0.465 e. The molecule has 0 heterocycles. The van der Waals surface area contributed by atoms with Crippen molar-refractivity contribution in [3.63, 3.8) is 0 Å². The molecule has 0 radical (unpaired) electrons. The first kappa shape index (κ1) is 55.3. The molecule has 350 valence electrons. The highest BCUT2D eigenvalue weighted by molar-refractivity contribution is 5.71. The summed E-state index contributed by atoms with van der Waals surface area (Å²) in [7, 11) is 0. The molecule has 1 aliphatic rings. The highest BCUT2D eigenvalue weighted by Crippen LogP contribution is 2.25. The van der Waals surface area contributed by atoms with Gasteiger partial charge in [-0.15, -0.1) is 0 Å². The van der Waals surface area contributed by atoms with Crippen molar-refractivity contribution in [1.82, 2.24) is 4.90 Å². The van der Waals surface area contributed by atoms with Crippen LogP contribution >= 0.6 is 0 Å². The number of hydrogen-bond donors (Lipinski definition) is 1. The zero-order chi connectivity index (χ0) is 43.9. The fourth-order valence-electron chi connectivity index (χ4n) is 7.22. The van der Waals surface area contributed by atoms with Gasteiger partial charge in [0.15, 0.2) is 0 Å². The molecule has 0 spiro atoms. The first-order valence-electron chi connectivity index (χ1n) is 24.3. The molecule has 1 atom stereocenters. The van der Waals surface area contributed by atoms with Crippen LogP contribution < -0.4 is 0 Å². The predicted octanol–water partition coefficient (Wildman–Crippen LogP) is 9.98. The first-order valence-corrected chi connectivity index (χ1v) is 24.3. The predicted molar refractivity (Wildman–Crippen MR) is 235 cm³/mol. The molecular weight excluding hydrogens is 767 g/mol. The second-order valence-corrected chi connectivity index (χ2v) is 17.0. The Morgan fingerprint density at radius 3 is 1.13 bits per heavy atom. The number of carbonyl (C=O) groups is 5. The topological polar surface area (TPSA) is 155 Å². The Labute approximate surface area is 364 Å². The molecule has 0 amide bonds. The molecule has 0 aliphatic heterocycles. The maximum absolute atomic E-state index is 12.9. The van der Waals surface area contributed by atoms with Gasteiger partial charge in [-0.25, -0.2) is 0 Å². The summed E-state index contributed by atoms with van der Waals surface area (Å²) >= 11 is 0. The summed E-state index contributed by atoms with van der Waals surface area (Å²) in [6.07, 6.45) is 25.3. The van der Waals surface area contributed by atoms with Crippen molar-refractivity contribution in [2.45, 2.75) is 213 Å². The van der Waals surface area contributed by atoms with Crippen molar-refractivity contribution < 1.29 is 52.8 Å². The first-order chi connectivity index (χ1) is 29.2. The van der Waals surface area contributed by atoms with Gasteiger partial charge in [0.2, 0.25) is 0 Å². The minimum Gasteiger partial charge on any atom is -0.465 e. The van der Waals surface area contributed by atoms with Crippen LogP contribution in [0.5, 0.6) is 0 Å². The summed E-state index contributed by atoms with van der Waals surface area (Å²) in [5.41, 5.74) is 0. The molecule has 12 nitrogen and oxygen atoms in total. The quantitative estimate of drug-likeness (QED) is 0.0353. The maximum Gasteiger partial charge on any atom is 0.305 e. The fraction of sp³-hybridized carbons (Fsp3) is 0.896. The Kier molecular flexibility index (Phi) is 36.1. The van der Waals surface area contributed by atoms with E-state index in [1.54, 1.807) is 0 Å². The molecule has 60 heavy (non-hydrogen) atoms. The van der Waals surface area contributed by atoms with E-state index in [0.717, 1.165) is 109 Å². The summed E-state index contributed by atoms with van der Waals surface area (Å²) in [6.45, 7) is 8.20. The van der Waals surface area contributed by atoms with Crippen LogP contribution in [0.2, 0.25) is 0 Å². The Bertz CT molecular complexity index is 1070. The summed E-state index contributed by atoms with van der Waals surface area (Å²) in [4.78, 5) is 65.4. The highest BCUT2D eigenvalue weighted by atomic mass is 16.6. The summed E-state index contributed by atoms with van der Waals surface area (Å²) in [6, 6.07) is 0.529. The van der Waals surface area contributed by atoms with Gasteiger partial charge < -0.3 is 28.8 Å². The number of rotatable bonds is 42. The van der Waals surface area contributed by atoms with Gasteiger partial charge in [-0.3, -0.25) is 28.9 Å². The lowest BCUT2D eigenvalue weighted by Gasteiger charge is -2.37. The monoisotopic (exact) mass is 854 g/mol. The zero-order valence-corrected chi connectivity index (χ0v) is 38.4. The number of ether oxygens (including phenoxy) is 5. The van der Waals surface area contributed by atoms with E-state index < -0.39 is 11.9 Å². The molecule has 1 N–H and O–H groups in total. The van der Waals surface area contributed by atoms with E-state index in [2.05, 4.69) is 25.7 Å². The number of aliphatic hydroxyl groups is 1. The average Bonchev–Trinajstić information content (AvgIpc) is 3.21. The van der Waals surface area contributed by atoms with Gasteiger partial charge in [0.1, 0.15) is 19.8 Å². The van der Waals surface area contributed by atoms with E-state index in [9.17, 15) is 29.1 Å². The number of unbranched alkanes of at least 4 members (excludes halogenated alkanes) is 15. The van der Waals surface area contributed by atoms with Crippen LogP contribution in [0.1, 0.15) is 207 Å². The SMILES string of the molecule is CCCCCCCCCC(=O)OCC(COC(=O)CCCCN(CCO)C1CCC1)COC(=O)CCCC(COC(=O)CCCCCCC)COC(=O)CCCCCCC. The van der Waals surface area contributed by atoms with Crippen molar-refractivity contribution in [2.75, 3.05) is 52.7 Å². The van der Waals surface area contributed by atoms with Crippen molar-refractivity contribution in [2.24, 2.45) is 11.8 Å². The smallest absolute Gasteiger partial charge is 0.305 e. The van der Waals surface area contributed by atoms with Crippen LogP contribution in [0.4, 0.5) is 0 Å². The van der Waals surface area contributed by atoms with Crippen LogP contribution in [0, 0.1) is 11.8 Å². The van der Waals surface area contributed by atoms with Crippen LogP contribution in [-0.4, -0.2) is 98.6 Å². The van der Waals surface area contributed by atoms with Crippen molar-refractivity contribution in [3.05, 3.63) is 0 Å². The molecule has 0 saturated heterocycles. The zero-order valence-electron chi connectivity index (χ0n) is 38.4. The van der Waals surface area contributed by atoms with Gasteiger partial charge in [0.25, 0.3) is 0 Å². The minimum atomic E-state index is -0.509. The van der Waals surface area contributed by atoms with Crippen LogP contribution in [0.3, 0.4) is 0 Å². The lowest BCUT2D eigenvalue weighted by Crippen LogP contribution is -2.42. The van der Waals surface area contributed by atoms with Crippen molar-refractivity contribution in [1.29, 1.82) is 0 Å². The molecule has 1 aliphatic carbocycles. The second kappa shape index (κ2) is 39.1. The molecule has 0 aromatic rings. The molecule has 1 rings (SSSR count). The van der Waals surface area contributed by atoms with Gasteiger partial charge >= 0.3 is 29.8 Å². The lowest BCUT2D eigenvalue weighted by atomic mass is 9.91. The fourth-order valence-corrected chi connectivity index (χ4v) is 7.22. The third kappa shape index (κ3) is 32.0. The highest BCUT2D eigenvalue weighted by Gasteiger charge is 2.24. The molecule has 1 unspecified atom stereocenters. The Morgan fingerprint density at radius 1 is 0.450 bits per heavy atom. The van der Waals surface area contributed by atoms with Gasteiger partial charge in [0.05, 0.1) is 25.7 Å². The second-order valence-electron chi connectivity index (χ2n) is 17.0. The van der Waals surface area contributed by atoms with Crippen LogP contribution in [0.25, 0.3) is 0 Å². The molecule has 0 bridgehead atoms. The van der Waals surface area contributed by atoms with Gasteiger partial charge in [-0.2, -0.15) is 0 Å². The third-order valence-electron chi connectivity index (χ3n) is 11.4. The van der Waals surface area contributed by atoms with Crippen LogP contribution in [0.15, 0.2) is 0 Å².